The Bertz CT molecular complexity index is 1080. The first kappa shape index (κ1) is 23.1. The molecule has 0 saturated carbocycles. The number of esters is 1. The van der Waals surface area contributed by atoms with Crippen LogP contribution in [0.15, 0.2) is 66.0 Å². The quantitative estimate of drug-likeness (QED) is 0.322. The molecule has 0 saturated heterocycles. The SMILES string of the molecule is COc1ccc(-c2n(/N=C/c3ccc(N(C)C)cc3)cc[n+]2CC(=O)OC(C)(C)C)cc1. The first-order chi connectivity index (χ1) is 15.2. The summed E-state index contributed by atoms with van der Waals surface area (Å²) < 4.78 is 14.4. The van der Waals surface area contributed by atoms with E-state index in [1.54, 1.807) is 18.0 Å². The molecule has 0 radical (unpaired) electrons. The van der Waals surface area contributed by atoms with Crippen LogP contribution in [0.3, 0.4) is 0 Å². The monoisotopic (exact) mass is 435 g/mol. The minimum atomic E-state index is -0.544. The first-order valence-electron chi connectivity index (χ1n) is 10.4. The molecule has 2 aromatic carbocycles. The van der Waals surface area contributed by atoms with Gasteiger partial charge in [0.1, 0.15) is 17.5 Å². The van der Waals surface area contributed by atoms with E-state index in [0.29, 0.717) is 0 Å². The third kappa shape index (κ3) is 5.97. The summed E-state index contributed by atoms with van der Waals surface area (Å²) >= 11 is 0. The van der Waals surface area contributed by atoms with Crippen LogP contribution in [0.4, 0.5) is 5.69 Å². The van der Waals surface area contributed by atoms with E-state index in [9.17, 15) is 4.79 Å². The molecule has 0 aliphatic heterocycles. The van der Waals surface area contributed by atoms with Crippen LogP contribution < -0.4 is 14.2 Å². The van der Waals surface area contributed by atoms with Gasteiger partial charge >= 0.3 is 11.8 Å². The summed E-state index contributed by atoms with van der Waals surface area (Å²) in [6.45, 7) is 5.66. The molecule has 1 heterocycles. The Morgan fingerprint density at radius 2 is 1.75 bits per heavy atom. The number of nitrogens with zero attached hydrogens (tertiary/aromatic N) is 4. The van der Waals surface area contributed by atoms with Gasteiger partial charge in [-0.05, 0) is 62.7 Å². The van der Waals surface area contributed by atoms with Gasteiger partial charge in [0.25, 0.3) is 0 Å². The molecule has 0 amide bonds. The van der Waals surface area contributed by atoms with Crippen molar-refractivity contribution in [2.24, 2.45) is 5.10 Å². The third-order valence-electron chi connectivity index (χ3n) is 4.69. The first-order valence-corrected chi connectivity index (χ1v) is 10.4. The van der Waals surface area contributed by atoms with Crippen molar-refractivity contribution in [3.63, 3.8) is 0 Å². The van der Waals surface area contributed by atoms with Gasteiger partial charge in [-0.15, -0.1) is 4.68 Å². The molecule has 0 aliphatic rings. The number of hydrogen-bond acceptors (Lipinski definition) is 5. The second-order valence-corrected chi connectivity index (χ2v) is 8.64. The van der Waals surface area contributed by atoms with E-state index in [1.165, 1.54) is 0 Å². The summed E-state index contributed by atoms with van der Waals surface area (Å²) in [6, 6.07) is 15.8. The van der Waals surface area contributed by atoms with Gasteiger partial charge in [-0.25, -0.2) is 9.36 Å². The second-order valence-electron chi connectivity index (χ2n) is 8.64. The number of imidazole rings is 1. The van der Waals surface area contributed by atoms with Gasteiger partial charge in [0.05, 0.1) is 18.9 Å². The van der Waals surface area contributed by atoms with Gasteiger partial charge in [0.2, 0.25) is 0 Å². The highest BCUT2D eigenvalue weighted by Gasteiger charge is 2.24. The number of methoxy groups -OCH3 is 1. The molecule has 0 fully saturated rings. The number of rotatable bonds is 7. The standard InChI is InChI=1S/C25H31N4O3/c1-25(2,3)32-23(30)18-28-15-16-29(24(28)20-9-13-22(31-6)14-10-20)26-17-19-7-11-21(12-8-19)27(4)5/h7-17H,18H2,1-6H3/q+1/b26-17+. The van der Waals surface area contributed by atoms with Gasteiger partial charge in [-0.1, -0.05) is 17.2 Å². The summed E-state index contributed by atoms with van der Waals surface area (Å²) in [5.41, 5.74) is 2.46. The van der Waals surface area contributed by atoms with Crippen LogP contribution in [0, 0.1) is 0 Å². The zero-order chi connectivity index (χ0) is 23.3. The van der Waals surface area contributed by atoms with Gasteiger partial charge in [0.15, 0.2) is 12.7 Å². The fourth-order valence-electron chi connectivity index (χ4n) is 3.18. The molecule has 0 spiro atoms. The lowest BCUT2D eigenvalue weighted by Crippen LogP contribution is -2.41. The van der Waals surface area contributed by atoms with Crippen molar-refractivity contribution in [3.8, 4) is 17.1 Å². The predicted molar refractivity (Wildman–Crippen MR) is 126 cm³/mol. The Balaban J connectivity index is 1.94. The van der Waals surface area contributed by atoms with Crippen molar-refractivity contribution in [1.82, 2.24) is 4.68 Å². The number of benzene rings is 2. The van der Waals surface area contributed by atoms with Crippen molar-refractivity contribution < 1.29 is 18.8 Å². The van der Waals surface area contributed by atoms with Crippen molar-refractivity contribution in [1.29, 1.82) is 0 Å². The highest BCUT2D eigenvalue weighted by molar-refractivity contribution is 5.80. The van der Waals surface area contributed by atoms with Crippen molar-refractivity contribution in [2.45, 2.75) is 32.9 Å². The van der Waals surface area contributed by atoms with E-state index in [-0.39, 0.29) is 12.5 Å². The number of aromatic nitrogens is 2. The molecule has 7 heteroatoms. The average molecular weight is 436 g/mol. The van der Waals surface area contributed by atoms with Crippen LogP contribution in [0.2, 0.25) is 0 Å². The van der Waals surface area contributed by atoms with E-state index in [2.05, 4.69) is 5.10 Å². The molecule has 32 heavy (non-hydrogen) atoms. The van der Waals surface area contributed by atoms with E-state index >= 15 is 0 Å². The molecular weight excluding hydrogens is 404 g/mol. The summed E-state index contributed by atoms with van der Waals surface area (Å²) in [4.78, 5) is 14.5. The normalized spacial score (nSPS) is 11.6. The van der Waals surface area contributed by atoms with Crippen LogP contribution in [0.1, 0.15) is 26.3 Å². The fraction of sp³-hybridized carbons (Fsp3) is 0.320. The maximum atomic E-state index is 12.5. The molecule has 1 aromatic heterocycles. The Labute approximate surface area is 189 Å². The highest BCUT2D eigenvalue weighted by atomic mass is 16.6. The third-order valence-corrected chi connectivity index (χ3v) is 4.69. The molecule has 0 aliphatic carbocycles. The minimum absolute atomic E-state index is 0.0820. The summed E-state index contributed by atoms with van der Waals surface area (Å²) in [6.07, 6.45) is 5.45. The predicted octanol–water partition coefficient (Wildman–Crippen LogP) is 3.74. The van der Waals surface area contributed by atoms with Crippen LogP contribution in [0.25, 0.3) is 11.4 Å². The molecule has 0 N–H and O–H groups in total. The Morgan fingerprint density at radius 3 is 2.31 bits per heavy atom. The molecule has 168 valence electrons. The summed E-state index contributed by atoms with van der Waals surface area (Å²) in [5, 5.41) is 4.65. The topological polar surface area (TPSA) is 59.9 Å². The number of anilines is 1. The zero-order valence-corrected chi connectivity index (χ0v) is 19.6. The van der Waals surface area contributed by atoms with Gasteiger partial charge < -0.3 is 14.4 Å². The summed E-state index contributed by atoms with van der Waals surface area (Å²) in [7, 11) is 5.65. The van der Waals surface area contributed by atoms with E-state index in [4.69, 9.17) is 9.47 Å². The number of hydrogen-bond donors (Lipinski definition) is 0. The molecule has 0 atom stereocenters. The lowest BCUT2D eigenvalue weighted by molar-refractivity contribution is -0.674. The molecule has 7 nitrogen and oxygen atoms in total. The lowest BCUT2D eigenvalue weighted by atomic mass is 10.2. The molecule has 0 unspecified atom stereocenters. The highest BCUT2D eigenvalue weighted by Crippen LogP contribution is 2.21. The Kier molecular flexibility index (Phi) is 6.98. The smallest absolute Gasteiger partial charge is 0.349 e. The number of carbonyl (C=O) groups excluding carboxylic acids is 1. The van der Waals surface area contributed by atoms with Crippen molar-refractivity contribution >= 4 is 17.9 Å². The van der Waals surface area contributed by atoms with Crippen LogP contribution in [-0.4, -0.2) is 43.7 Å². The second kappa shape index (κ2) is 9.68. The number of ether oxygens (including phenoxy) is 2. The van der Waals surface area contributed by atoms with E-state index < -0.39 is 5.60 Å². The zero-order valence-electron chi connectivity index (χ0n) is 19.6. The van der Waals surface area contributed by atoms with E-state index in [0.717, 1.165) is 28.4 Å². The maximum Gasteiger partial charge on any atom is 0.349 e. The molecule has 0 bridgehead atoms. The fourth-order valence-corrected chi connectivity index (χ4v) is 3.18. The van der Waals surface area contributed by atoms with Gasteiger partial charge in [-0.2, -0.15) is 0 Å². The molecule has 3 aromatic rings. The molecule has 3 rings (SSSR count). The average Bonchev–Trinajstić information content (AvgIpc) is 3.13. The van der Waals surface area contributed by atoms with Crippen molar-refractivity contribution in [3.05, 3.63) is 66.5 Å². The van der Waals surface area contributed by atoms with Gasteiger partial charge in [0, 0.05) is 19.8 Å². The summed E-state index contributed by atoms with van der Waals surface area (Å²) in [5.74, 6) is 1.22. The Morgan fingerprint density at radius 1 is 1.09 bits per heavy atom. The van der Waals surface area contributed by atoms with E-state index in [1.807, 2.05) is 105 Å². The van der Waals surface area contributed by atoms with Crippen LogP contribution in [-0.2, 0) is 16.1 Å². The minimum Gasteiger partial charge on any atom is -0.497 e. The molecular formula is C25H31N4O3+. The number of carbonyl (C=O) groups is 1. The van der Waals surface area contributed by atoms with Gasteiger partial charge in [-0.3, -0.25) is 0 Å². The lowest BCUT2D eigenvalue weighted by Gasteiger charge is -2.18. The van der Waals surface area contributed by atoms with Crippen molar-refractivity contribution in [2.75, 3.05) is 26.1 Å². The maximum absolute atomic E-state index is 12.5. The largest absolute Gasteiger partial charge is 0.497 e. The van der Waals surface area contributed by atoms with Crippen LogP contribution >= 0.6 is 0 Å². The Hall–Kier alpha value is -3.61. The van der Waals surface area contributed by atoms with Crippen LogP contribution in [0.5, 0.6) is 5.75 Å².